The van der Waals surface area contributed by atoms with E-state index in [0.29, 0.717) is 49.8 Å². The van der Waals surface area contributed by atoms with Gasteiger partial charge in [-0.3, -0.25) is 28.9 Å². The summed E-state index contributed by atoms with van der Waals surface area (Å²) in [6, 6.07) is 14.9. The summed E-state index contributed by atoms with van der Waals surface area (Å²) in [5.74, 6) is -1.27. The fourth-order valence-corrected chi connectivity index (χ4v) is 5.78. The van der Waals surface area contributed by atoms with E-state index in [9.17, 15) is 24.0 Å². The zero-order valence-corrected chi connectivity index (χ0v) is 24.4. The van der Waals surface area contributed by atoms with Crippen LogP contribution in [-0.4, -0.2) is 76.8 Å². The van der Waals surface area contributed by atoms with Crippen LogP contribution in [0.4, 0.5) is 0 Å². The molecule has 4 atom stereocenters. The molecular formula is C31H38N4O5S. The average Bonchev–Trinajstić information content (AvgIpc) is 3.13. The molecule has 10 heteroatoms. The summed E-state index contributed by atoms with van der Waals surface area (Å²) in [5.41, 5.74) is 1.79. The van der Waals surface area contributed by atoms with Crippen molar-refractivity contribution in [2.45, 2.75) is 62.8 Å². The molecule has 0 bridgehead atoms. The Morgan fingerprint density at radius 3 is 2.22 bits per heavy atom. The topological polar surface area (TPSA) is 116 Å². The number of rotatable bonds is 11. The maximum Gasteiger partial charge on any atom is 0.261 e. The lowest BCUT2D eigenvalue weighted by Gasteiger charge is -2.32. The summed E-state index contributed by atoms with van der Waals surface area (Å²) in [4.78, 5) is 67.6. The van der Waals surface area contributed by atoms with Gasteiger partial charge >= 0.3 is 0 Å². The second kappa shape index (κ2) is 13.8. The molecule has 0 spiro atoms. The number of carbonyl (C=O) groups is 5. The average molecular weight is 579 g/mol. The SMILES string of the molecule is CNC(=O)C(Cc1ccccc1)N1CCC(C)CC(NC(=O)C(S)CCCCN2C(=O)c3ccccc3C2=O)C1=O. The van der Waals surface area contributed by atoms with Crippen LogP contribution in [0.25, 0.3) is 0 Å². The first-order chi connectivity index (χ1) is 19.7. The zero-order valence-electron chi connectivity index (χ0n) is 23.5. The standard InChI is InChI=1S/C31H38N4O5S/c1-20-15-17-34(25(27(36)32-2)19-21-10-4-3-5-11-21)31(40)24(18-20)33-28(37)26(41)14-8-9-16-35-29(38)22-12-6-7-13-23(22)30(35)39/h3-7,10-13,20,24-26,41H,8-9,14-19H2,1-2H3,(H,32,36)(H,33,37). The van der Waals surface area contributed by atoms with Crippen LogP contribution in [0.5, 0.6) is 0 Å². The molecule has 1 fully saturated rings. The van der Waals surface area contributed by atoms with E-state index in [1.807, 2.05) is 37.3 Å². The third kappa shape index (κ3) is 7.16. The van der Waals surface area contributed by atoms with Crippen LogP contribution in [0.3, 0.4) is 0 Å². The predicted octanol–water partition coefficient (Wildman–Crippen LogP) is 2.85. The van der Waals surface area contributed by atoms with Gasteiger partial charge in [0, 0.05) is 26.6 Å². The fourth-order valence-electron chi connectivity index (χ4n) is 5.52. The molecule has 0 aromatic heterocycles. The van der Waals surface area contributed by atoms with Crippen molar-refractivity contribution >= 4 is 42.2 Å². The third-order valence-corrected chi connectivity index (χ3v) is 8.38. The first-order valence-corrected chi connectivity index (χ1v) is 14.7. The number of unbranched alkanes of at least 4 members (excludes halogenated alkanes) is 1. The summed E-state index contributed by atoms with van der Waals surface area (Å²) in [6.07, 6.45) is 3.12. The highest BCUT2D eigenvalue weighted by Gasteiger charge is 2.38. The Hall–Kier alpha value is -3.66. The third-order valence-electron chi connectivity index (χ3n) is 7.89. The normalized spacial score (nSPS) is 20.3. The molecular weight excluding hydrogens is 540 g/mol. The largest absolute Gasteiger partial charge is 0.357 e. The van der Waals surface area contributed by atoms with Crippen LogP contribution in [0.2, 0.25) is 0 Å². The summed E-state index contributed by atoms with van der Waals surface area (Å²) in [5, 5.41) is 4.93. The van der Waals surface area contributed by atoms with E-state index in [4.69, 9.17) is 0 Å². The number of likely N-dealkylation sites (N-methyl/N-ethyl adjacent to an activating group) is 1. The van der Waals surface area contributed by atoms with Crippen molar-refractivity contribution in [3.63, 3.8) is 0 Å². The highest BCUT2D eigenvalue weighted by atomic mass is 32.1. The number of thiol groups is 1. The van der Waals surface area contributed by atoms with Crippen molar-refractivity contribution in [3.8, 4) is 0 Å². The molecule has 4 rings (SSSR count). The molecule has 41 heavy (non-hydrogen) atoms. The van der Waals surface area contributed by atoms with Crippen molar-refractivity contribution in [2.75, 3.05) is 20.1 Å². The minimum atomic E-state index is -0.754. The molecule has 2 N–H and O–H groups in total. The van der Waals surface area contributed by atoms with Gasteiger partial charge in [-0.1, -0.05) is 55.8 Å². The van der Waals surface area contributed by atoms with Crippen molar-refractivity contribution < 1.29 is 24.0 Å². The Kier molecular flexibility index (Phi) is 10.2. The van der Waals surface area contributed by atoms with Crippen LogP contribution >= 0.6 is 12.6 Å². The Balaban J connectivity index is 1.33. The molecule has 9 nitrogen and oxygen atoms in total. The minimum Gasteiger partial charge on any atom is -0.357 e. The number of imide groups is 1. The highest BCUT2D eigenvalue weighted by molar-refractivity contribution is 7.81. The van der Waals surface area contributed by atoms with Crippen molar-refractivity contribution in [3.05, 3.63) is 71.3 Å². The van der Waals surface area contributed by atoms with Gasteiger partial charge < -0.3 is 15.5 Å². The van der Waals surface area contributed by atoms with Gasteiger partial charge in [0.1, 0.15) is 12.1 Å². The molecule has 5 amide bonds. The maximum absolute atomic E-state index is 13.7. The molecule has 4 unspecified atom stereocenters. The number of fused-ring (bicyclic) bond motifs is 1. The Bertz CT molecular complexity index is 1250. The van der Waals surface area contributed by atoms with Crippen LogP contribution in [-0.2, 0) is 20.8 Å². The molecule has 218 valence electrons. The van der Waals surface area contributed by atoms with Gasteiger partial charge in [0.15, 0.2) is 0 Å². The van der Waals surface area contributed by atoms with Gasteiger partial charge in [0.25, 0.3) is 11.8 Å². The maximum atomic E-state index is 13.7. The molecule has 2 aromatic rings. The summed E-state index contributed by atoms with van der Waals surface area (Å²) in [7, 11) is 1.56. The van der Waals surface area contributed by atoms with Crippen LogP contribution in [0.15, 0.2) is 54.6 Å². The Morgan fingerprint density at radius 1 is 0.951 bits per heavy atom. The number of hydrogen-bond acceptors (Lipinski definition) is 6. The molecule has 2 aliphatic rings. The summed E-state index contributed by atoms with van der Waals surface area (Å²) in [6.45, 7) is 2.74. The molecule has 2 aliphatic heterocycles. The molecule has 0 aliphatic carbocycles. The van der Waals surface area contributed by atoms with E-state index in [-0.39, 0.29) is 42.0 Å². The van der Waals surface area contributed by atoms with Gasteiger partial charge in [-0.2, -0.15) is 12.6 Å². The lowest BCUT2D eigenvalue weighted by Crippen LogP contribution is -2.56. The van der Waals surface area contributed by atoms with Crippen LogP contribution in [0, 0.1) is 5.92 Å². The summed E-state index contributed by atoms with van der Waals surface area (Å²) < 4.78 is 0. The number of nitrogens with one attached hydrogen (secondary N) is 2. The van der Waals surface area contributed by atoms with Crippen molar-refractivity contribution in [1.29, 1.82) is 0 Å². The zero-order chi connectivity index (χ0) is 29.5. The number of amides is 5. The lowest BCUT2D eigenvalue weighted by molar-refractivity contribution is -0.142. The van der Waals surface area contributed by atoms with E-state index in [0.717, 1.165) is 12.0 Å². The number of likely N-dealkylation sites (tertiary alicyclic amines) is 1. The number of benzene rings is 2. The molecule has 1 saturated heterocycles. The Morgan fingerprint density at radius 2 is 1.59 bits per heavy atom. The smallest absolute Gasteiger partial charge is 0.261 e. The van der Waals surface area contributed by atoms with E-state index in [1.54, 1.807) is 36.2 Å². The fraction of sp³-hybridized carbons (Fsp3) is 0.452. The second-order valence-electron chi connectivity index (χ2n) is 10.9. The predicted molar refractivity (Wildman–Crippen MR) is 158 cm³/mol. The molecule has 2 aromatic carbocycles. The highest BCUT2D eigenvalue weighted by Crippen LogP contribution is 2.24. The second-order valence-corrected chi connectivity index (χ2v) is 11.5. The molecule has 0 radical (unpaired) electrons. The molecule has 0 saturated carbocycles. The van der Waals surface area contributed by atoms with Crippen LogP contribution in [0.1, 0.15) is 65.3 Å². The van der Waals surface area contributed by atoms with E-state index < -0.39 is 17.3 Å². The Labute approximate surface area is 246 Å². The van der Waals surface area contributed by atoms with Gasteiger partial charge in [-0.15, -0.1) is 0 Å². The van der Waals surface area contributed by atoms with Crippen molar-refractivity contribution in [2.24, 2.45) is 5.92 Å². The monoisotopic (exact) mass is 578 g/mol. The van der Waals surface area contributed by atoms with Gasteiger partial charge in [-0.05, 0) is 49.3 Å². The van der Waals surface area contributed by atoms with Crippen molar-refractivity contribution in [1.82, 2.24) is 20.4 Å². The number of hydrogen-bond donors (Lipinski definition) is 3. The first-order valence-electron chi connectivity index (χ1n) is 14.2. The number of nitrogens with zero attached hydrogens (tertiary/aromatic N) is 2. The first kappa shape index (κ1) is 30.3. The molecule has 2 heterocycles. The van der Waals surface area contributed by atoms with E-state index in [2.05, 4.69) is 23.3 Å². The van der Waals surface area contributed by atoms with Gasteiger partial charge in [0.2, 0.25) is 17.7 Å². The minimum absolute atomic E-state index is 0.175. The summed E-state index contributed by atoms with van der Waals surface area (Å²) >= 11 is 4.49. The van der Waals surface area contributed by atoms with E-state index in [1.165, 1.54) is 4.90 Å². The number of carbonyl (C=O) groups excluding carboxylic acids is 5. The van der Waals surface area contributed by atoms with Gasteiger partial charge in [0.05, 0.1) is 16.4 Å². The van der Waals surface area contributed by atoms with E-state index >= 15 is 0 Å². The quantitative estimate of drug-likeness (QED) is 0.216. The lowest BCUT2D eigenvalue weighted by atomic mass is 10.00. The van der Waals surface area contributed by atoms with Crippen LogP contribution < -0.4 is 10.6 Å². The van der Waals surface area contributed by atoms with Gasteiger partial charge in [-0.25, -0.2) is 0 Å².